The van der Waals surface area contributed by atoms with Crippen LogP contribution >= 0.6 is 0 Å². The van der Waals surface area contributed by atoms with Gasteiger partial charge in [-0.25, -0.2) is 0 Å². The molecule has 2 aromatic carbocycles. The first-order valence-electron chi connectivity index (χ1n) is 9.19. The molecule has 136 valence electrons. The van der Waals surface area contributed by atoms with Gasteiger partial charge in [0.05, 0.1) is 0 Å². The molecule has 0 aliphatic carbocycles. The minimum Gasteiger partial charge on any atom is -0.282 e. The third-order valence-corrected chi connectivity index (χ3v) is 5.40. The van der Waals surface area contributed by atoms with Crippen LogP contribution in [0.2, 0.25) is 0 Å². The van der Waals surface area contributed by atoms with Crippen molar-refractivity contribution >= 4 is 10.1 Å². The summed E-state index contributed by atoms with van der Waals surface area (Å²) in [5.41, 5.74) is 2.44. The van der Waals surface area contributed by atoms with E-state index in [1.807, 2.05) is 36.4 Å². The maximum absolute atomic E-state index is 11.8. The summed E-state index contributed by atoms with van der Waals surface area (Å²) in [5.74, 6) is 0. The van der Waals surface area contributed by atoms with E-state index in [2.05, 4.69) is 6.92 Å². The fourth-order valence-corrected chi connectivity index (χ4v) is 3.96. The standard InChI is InChI=1S/C21H28O3S/c1-2-3-4-5-6-7-9-13-19-16-12-17-20(25(22,23)24)21(19)18-14-10-8-11-15-18/h8,10-12,14-17H,2-7,9,13H2,1H3,(H,22,23,24). The van der Waals surface area contributed by atoms with Gasteiger partial charge in [0, 0.05) is 5.56 Å². The molecule has 0 amide bonds. The van der Waals surface area contributed by atoms with Crippen LogP contribution in [0.5, 0.6) is 0 Å². The first-order valence-corrected chi connectivity index (χ1v) is 10.6. The van der Waals surface area contributed by atoms with Crippen LogP contribution in [0.25, 0.3) is 11.1 Å². The summed E-state index contributed by atoms with van der Waals surface area (Å²) in [6.07, 6.45) is 9.33. The number of rotatable bonds is 10. The predicted octanol–water partition coefficient (Wildman–Crippen LogP) is 5.89. The Balaban J connectivity index is 2.15. The molecule has 1 N–H and O–H groups in total. The summed E-state index contributed by atoms with van der Waals surface area (Å²) >= 11 is 0. The lowest BCUT2D eigenvalue weighted by atomic mass is 9.95. The second-order valence-electron chi connectivity index (χ2n) is 6.50. The van der Waals surface area contributed by atoms with Gasteiger partial charge in [-0.15, -0.1) is 0 Å². The highest BCUT2D eigenvalue weighted by Gasteiger charge is 2.19. The minimum atomic E-state index is -4.25. The topological polar surface area (TPSA) is 54.4 Å². The van der Waals surface area contributed by atoms with Gasteiger partial charge in [0.15, 0.2) is 0 Å². The van der Waals surface area contributed by atoms with Crippen LogP contribution < -0.4 is 0 Å². The Kier molecular flexibility index (Phi) is 7.66. The highest BCUT2D eigenvalue weighted by molar-refractivity contribution is 7.86. The molecule has 4 heteroatoms. The van der Waals surface area contributed by atoms with Gasteiger partial charge < -0.3 is 0 Å². The summed E-state index contributed by atoms with van der Waals surface area (Å²) in [6.45, 7) is 2.22. The molecular formula is C21H28O3S. The number of unbranched alkanes of at least 4 members (excludes halogenated alkanes) is 6. The van der Waals surface area contributed by atoms with Crippen molar-refractivity contribution in [1.82, 2.24) is 0 Å². The number of hydrogen-bond donors (Lipinski definition) is 1. The van der Waals surface area contributed by atoms with Crippen LogP contribution in [0.4, 0.5) is 0 Å². The maximum atomic E-state index is 11.8. The van der Waals surface area contributed by atoms with E-state index in [-0.39, 0.29) is 4.90 Å². The van der Waals surface area contributed by atoms with Crippen molar-refractivity contribution in [3.05, 3.63) is 54.1 Å². The van der Waals surface area contributed by atoms with Crippen molar-refractivity contribution in [3.63, 3.8) is 0 Å². The Hall–Kier alpha value is -1.65. The lowest BCUT2D eigenvalue weighted by Gasteiger charge is -2.14. The van der Waals surface area contributed by atoms with Crippen molar-refractivity contribution in [2.24, 2.45) is 0 Å². The first kappa shape index (κ1) is 19.7. The zero-order valence-electron chi connectivity index (χ0n) is 14.9. The molecule has 3 nitrogen and oxygen atoms in total. The quantitative estimate of drug-likeness (QED) is 0.424. The maximum Gasteiger partial charge on any atom is 0.295 e. The summed E-state index contributed by atoms with van der Waals surface area (Å²) in [6, 6.07) is 14.6. The van der Waals surface area contributed by atoms with Crippen LogP contribution in [0, 0.1) is 0 Å². The molecule has 0 radical (unpaired) electrons. The zero-order chi connectivity index (χ0) is 18.1. The summed E-state index contributed by atoms with van der Waals surface area (Å²) in [4.78, 5) is -0.000791. The molecule has 0 aromatic heterocycles. The van der Waals surface area contributed by atoms with Crippen molar-refractivity contribution in [2.75, 3.05) is 0 Å². The van der Waals surface area contributed by atoms with E-state index in [4.69, 9.17) is 0 Å². The van der Waals surface area contributed by atoms with Gasteiger partial charge in [0.1, 0.15) is 4.90 Å². The molecule has 25 heavy (non-hydrogen) atoms. The van der Waals surface area contributed by atoms with Gasteiger partial charge in [0.25, 0.3) is 10.1 Å². The van der Waals surface area contributed by atoms with Gasteiger partial charge in [-0.2, -0.15) is 8.42 Å². The molecule has 2 aromatic rings. The molecular weight excluding hydrogens is 332 g/mol. The Bertz CT molecular complexity index is 752. The van der Waals surface area contributed by atoms with Gasteiger partial charge in [-0.1, -0.05) is 87.9 Å². The second-order valence-corrected chi connectivity index (χ2v) is 7.89. The van der Waals surface area contributed by atoms with Crippen molar-refractivity contribution in [3.8, 4) is 11.1 Å². The van der Waals surface area contributed by atoms with E-state index < -0.39 is 10.1 Å². The summed E-state index contributed by atoms with van der Waals surface area (Å²) < 4.78 is 33.2. The molecule has 0 bridgehead atoms. The van der Waals surface area contributed by atoms with Crippen LogP contribution in [-0.4, -0.2) is 13.0 Å². The Labute approximate surface area is 151 Å². The number of aryl methyl sites for hydroxylation is 1. The second kappa shape index (κ2) is 9.73. The number of benzene rings is 2. The third kappa shape index (κ3) is 5.98. The predicted molar refractivity (Wildman–Crippen MR) is 103 cm³/mol. The Morgan fingerprint density at radius 2 is 1.44 bits per heavy atom. The molecule has 0 saturated heterocycles. The van der Waals surface area contributed by atoms with Crippen LogP contribution in [0.15, 0.2) is 53.4 Å². The smallest absolute Gasteiger partial charge is 0.282 e. The molecule has 0 atom stereocenters. The lowest BCUT2D eigenvalue weighted by Crippen LogP contribution is -2.03. The van der Waals surface area contributed by atoms with E-state index in [9.17, 15) is 13.0 Å². The van der Waals surface area contributed by atoms with E-state index in [0.717, 1.165) is 30.4 Å². The molecule has 0 unspecified atom stereocenters. The fourth-order valence-electron chi connectivity index (χ4n) is 3.20. The average Bonchev–Trinajstić information content (AvgIpc) is 2.60. The SMILES string of the molecule is CCCCCCCCCc1cccc(S(=O)(=O)O)c1-c1ccccc1. The fraction of sp³-hybridized carbons (Fsp3) is 0.429. The highest BCUT2D eigenvalue weighted by Crippen LogP contribution is 2.32. The molecule has 0 heterocycles. The van der Waals surface area contributed by atoms with Crippen molar-refractivity contribution in [1.29, 1.82) is 0 Å². The summed E-state index contributed by atoms with van der Waals surface area (Å²) in [5, 5.41) is 0. The summed E-state index contributed by atoms with van der Waals surface area (Å²) in [7, 11) is -4.25. The zero-order valence-corrected chi connectivity index (χ0v) is 15.8. The largest absolute Gasteiger partial charge is 0.295 e. The molecule has 0 spiro atoms. The van der Waals surface area contributed by atoms with E-state index in [1.54, 1.807) is 6.07 Å². The molecule has 0 saturated carbocycles. The van der Waals surface area contributed by atoms with Gasteiger partial charge in [-0.05, 0) is 30.0 Å². The van der Waals surface area contributed by atoms with E-state index in [0.29, 0.717) is 5.56 Å². The Morgan fingerprint density at radius 1 is 0.800 bits per heavy atom. The Morgan fingerprint density at radius 3 is 2.08 bits per heavy atom. The van der Waals surface area contributed by atoms with Crippen LogP contribution in [-0.2, 0) is 16.5 Å². The van der Waals surface area contributed by atoms with E-state index in [1.165, 1.54) is 38.2 Å². The van der Waals surface area contributed by atoms with Crippen LogP contribution in [0.3, 0.4) is 0 Å². The molecule has 0 aliphatic heterocycles. The van der Waals surface area contributed by atoms with Crippen molar-refractivity contribution in [2.45, 2.75) is 63.2 Å². The highest BCUT2D eigenvalue weighted by atomic mass is 32.2. The molecule has 2 rings (SSSR count). The van der Waals surface area contributed by atoms with E-state index >= 15 is 0 Å². The van der Waals surface area contributed by atoms with Crippen LogP contribution in [0.1, 0.15) is 57.4 Å². The average molecular weight is 361 g/mol. The minimum absolute atomic E-state index is 0.000791. The first-order chi connectivity index (χ1) is 12.0. The molecule has 0 fully saturated rings. The third-order valence-electron chi connectivity index (χ3n) is 4.50. The van der Waals surface area contributed by atoms with Gasteiger partial charge in [-0.3, -0.25) is 4.55 Å². The van der Waals surface area contributed by atoms with Crippen molar-refractivity contribution < 1.29 is 13.0 Å². The van der Waals surface area contributed by atoms with Gasteiger partial charge in [0.2, 0.25) is 0 Å². The molecule has 0 aliphatic rings. The normalized spacial score (nSPS) is 11.6. The number of hydrogen-bond acceptors (Lipinski definition) is 2. The monoisotopic (exact) mass is 360 g/mol. The van der Waals surface area contributed by atoms with Gasteiger partial charge >= 0.3 is 0 Å². The lowest BCUT2D eigenvalue weighted by molar-refractivity contribution is 0.483.